The van der Waals surface area contributed by atoms with Gasteiger partial charge >= 0.3 is 0 Å². The number of fused-ring (bicyclic) bond motifs is 6. The molecule has 0 bridgehead atoms. The van der Waals surface area contributed by atoms with Gasteiger partial charge in [-0.2, -0.15) is 0 Å². The summed E-state index contributed by atoms with van der Waals surface area (Å²) in [6.07, 6.45) is 0. The van der Waals surface area contributed by atoms with Crippen molar-refractivity contribution >= 4 is 43.5 Å². The number of rotatable bonds is 0. The number of furan rings is 1. The van der Waals surface area contributed by atoms with Crippen LogP contribution in [-0.2, 0) is 5.41 Å². The lowest BCUT2D eigenvalue weighted by Gasteiger charge is -2.22. The first-order valence-electron chi connectivity index (χ1n) is 9.88. The summed E-state index contributed by atoms with van der Waals surface area (Å²) in [4.78, 5) is 0. The van der Waals surface area contributed by atoms with Gasteiger partial charge in [0.25, 0.3) is 0 Å². The van der Waals surface area contributed by atoms with Crippen molar-refractivity contribution in [1.29, 1.82) is 0 Å². The van der Waals surface area contributed by atoms with E-state index in [-0.39, 0.29) is 5.41 Å². The molecule has 0 aliphatic heterocycles. The Hall–Kier alpha value is -3.32. The van der Waals surface area contributed by atoms with E-state index in [0.29, 0.717) is 0 Å². The molecule has 0 N–H and O–H groups in total. The average molecular weight is 358 g/mol. The van der Waals surface area contributed by atoms with E-state index in [9.17, 15) is 0 Å². The molecular formula is C27H18O. The van der Waals surface area contributed by atoms with E-state index in [4.69, 9.17) is 4.42 Å². The SMILES string of the molecule is CC1(C)c2ccccc2-c2cc3c(cc21)c1cccc2oc4cccc3c4c21. The Bertz CT molecular complexity index is 1580. The summed E-state index contributed by atoms with van der Waals surface area (Å²) in [6, 6.07) is 26.6. The highest BCUT2D eigenvalue weighted by Gasteiger charge is 2.35. The largest absolute Gasteiger partial charge is 0.456 e. The maximum atomic E-state index is 6.18. The second kappa shape index (κ2) is 4.56. The number of benzene rings is 5. The number of hydrogen-bond acceptors (Lipinski definition) is 1. The lowest BCUT2D eigenvalue weighted by atomic mass is 9.81. The Kier molecular flexibility index (Phi) is 2.39. The van der Waals surface area contributed by atoms with E-state index >= 15 is 0 Å². The quantitative estimate of drug-likeness (QED) is 0.254. The van der Waals surface area contributed by atoms with Gasteiger partial charge in [-0.15, -0.1) is 0 Å². The summed E-state index contributed by atoms with van der Waals surface area (Å²) < 4.78 is 6.18. The van der Waals surface area contributed by atoms with Crippen LogP contribution in [0.25, 0.3) is 54.6 Å². The number of hydrogen-bond donors (Lipinski definition) is 0. The van der Waals surface area contributed by atoms with Crippen LogP contribution in [0.4, 0.5) is 0 Å². The van der Waals surface area contributed by atoms with Crippen molar-refractivity contribution in [3.05, 3.63) is 83.9 Å². The summed E-state index contributed by atoms with van der Waals surface area (Å²) >= 11 is 0. The first-order chi connectivity index (χ1) is 13.6. The maximum Gasteiger partial charge on any atom is 0.136 e. The Morgan fingerprint density at radius 1 is 0.571 bits per heavy atom. The van der Waals surface area contributed by atoms with Crippen LogP contribution in [0, 0.1) is 0 Å². The summed E-state index contributed by atoms with van der Waals surface area (Å²) in [5.41, 5.74) is 7.55. The van der Waals surface area contributed by atoms with Crippen LogP contribution in [0.3, 0.4) is 0 Å². The highest BCUT2D eigenvalue weighted by atomic mass is 16.3. The molecule has 28 heavy (non-hydrogen) atoms. The molecule has 0 amide bonds. The Morgan fingerprint density at radius 3 is 1.93 bits per heavy atom. The molecule has 1 aliphatic carbocycles. The summed E-state index contributed by atoms with van der Waals surface area (Å²) in [5, 5.41) is 7.74. The van der Waals surface area contributed by atoms with Crippen molar-refractivity contribution in [2.45, 2.75) is 19.3 Å². The molecule has 1 nitrogen and oxygen atoms in total. The summed E-state index contributed by atoms with van der Waals surface area (Å²) in [6.45, 7) is 4.69. The molecule has 0 atom stereocenters. The van der Waals surface area contributed by atoms with E-state index in [2.05, 4.69) is 86.6 Å². The third-order valence-corrected chi connectivity index (χ3v) is 6.82. The van der Waals surface area contributed by atoms with Gasteiger partial charge in [-0.05, 0) is 68.1 Å². The fourth-order valence-electron chi connectivity index (χ4n) is 5.51. The highest BCUT2D eigenvalue weighted by Crippen LogP contribution is 2.52. The van der Waals surface area contributed by atoms with Crippen LogP contribution in [0.5, 0.6) is 0 Å². The van der Waals surface area contributed by atoms with Gasteiger partial charge in [0.1, 0.15) is 11.2 Å². The van der Waals surface area contributed by atoms with Gasteiger partial charge < -0.3 is 4.42 Å². The fraction of sp³-hybridized carbons (Fsp3) is 0.111. The monoisotopic (exact) mass is 358 g/mol. The molecule has 0 radical (unpaired) electrons. The molecule has 1 aliphatic rings. The van der Waals surface area contributed by atoms with Crippen molar-refractivity contribution in [2.75, 3.05) is 0 Å². The van der Waals surface area contributed by atoms with E-state index in [1.807, 2.05) is 0 Å². The molecule has 0 unspecified atom stereocenters. The Balaban J connectivity index is 1.78. The second-order valence-electron chi connectivity index (χ2n) is 8.57. The maximum absolute atomic E-state index is 6.18. The minimum Gasteiger partial charge on any atom is -0.456 e. The lowest BCUT2D eigenvalue weighted by Crippen LogP contribution is -2.14. The van der Waals surface area contributed by atoms with Crippen LogP contribution in [0.2, 0.25) is 0 Å². The smallest absolute Gasteiger partial charge is 0.136 e. The summed E-state index contributed by atoms with van der Waals surface area (Å²) in [5.74, 6) is 0. The van der Waals surface area contributed by atoms with E-state index in [0.717, 1.165) is 11.2 Å². The molecule has 1 heteroatoms. The highest BCUT2D eigenvalue weighted by molar-refractivity contribution is 6.33. The minimum atomic E-state index is 0.0114. The molecule has 6 aromatic rings. The molecular weight excluding hydrogens is 340 g/mol. The van der Waals surface area contributed by atoms with Gasteiger partial charge in [0.2, 0.25) is 0 Å². The predicted molar refractivity (Wildman–Crippen MR) is 117 cm³/mol. The third-order valence-electron chi connectivity index (χ3n) is 6.82. The zero-order valence-electron chi connectivity index (χ0n) is 15.8. The predicted octanol–water partition coefficient (Wildman–Crippen LogP) is 7.64. The average Bonchev–Trinajstić information content (AvgIpc) is 3.21. The van der Waals surface area contributed by atoms with Crippen molar-refractivity contribution in [3.63, 3.8) is 0 Å². The molecule has 0 saturated carbocycles. The third kappa shape index (κ3) is 1.52. The van der Waals surface area contributed by atoms with Gasteiger partial charge in [-0.1, -0.05) is 62.4 Å². The van der Waals surface area contributed by atoms with Crippen molar-refractivity contribution in [2.24, 2.45) is 0 Å². The van der Waals surface area contributed by atoms with Crippen molar-refractivity contribution < 1.29 is 4.42 Å². The van der Waals surface area contributed by atoms with E-state index in [1.165, 1.54) is 54.6 Å². The van der Waals surface area contributed by atoms with Gasteiger partial charge in [0, 0.05) is 16.2 Å². The molecule has 1 aromatic heterocycles. The van der Waals surface area contributed by atoms with Crippen LogP contribution < -0.4 is 0 Å². The van der Waals surface area contributed by atoms with Crippen LogP contribution in [-0.4, -0.2) is 0 Å². The topological polar surface area (TPSA) is 13.1 Å². The van der Waals surface area contributed by atoms with Crippen LogP contribution in [0.15, 0.2) is 77.2 Å². The van der Waals surface area contributed by atoms with E-state index < -0.39 is 0 Å². The van der Waals surface area contributed by atoms with Gasteiger partial charge in [0.15, 0.2) is 0 Å². The van der Waals surface area contributed by atoms with Crippen molar-refractivity contribution in [3.8, 4) is 11.1 Å². The van der Waals surface area contributed by atoms with Gasteiger partial charge in [-0.25, -0.2) is 0 Å². The minimum absolute atomic E-state index is 0.0114. The van der Waals surface area contributed by atoms with E-state index in [1.54, 1.807) is 0 Å². The fourth-order valence-corrected chi connectivity index (χ4v) is 5.51. The second-order valence-corrected chi connectivity index (χ2v) is 8.57. The first-order valence-corrected chi connectivity index (χ1v) is 9.88. The lowest BCUT2D eigenvalue weighted by molar-refractivity contribution is 0.661. The molecule has 5 aromatic carbocycles. The zero-order chi connectivity index (χ0) is 18.6. The van der Waals surface area contributed by atoms with Crippen molar-refractivity contribution in [1.82, 2.24) is 0 Å². The molecule has 7 rings (SSSR count). The molecule has 0 saturated heterocycles. The molecule has 1 heterocycles. The molecule has 0 spiro atoms. The summed E-state index contributed by atoms with van der Waals surface area (Å²) in [7, 11) is 0. The first kappa shape index (κ1) is 14.7. The normalized spacial score (nSPS) is 15.1. The van der Waals surface area contributed by atoms with Gasteiger partial charge in [-0.3, -0.25) is 0 Å². The van der Waals surface area contributed by atoms with Gasteiger partial charge in [0.05, 0.1) is 0 Å². The Morgan fingerprint density at radius 2 is 1.21 bits per heavy atom. The zero-order valence-corrected chi connectivity index (χ0v) is 15.8. The van der Waals surface area contributed by atoms with Crippen LogP contribution in [0.1, 0.15) is 25.0 Å². The van der Waals surface area contributed by atoms with Crippen LogP contribution >= 0.6 is 0 Å². The standard InChI is InChI=1S/C27H18O/c1-27(2)21-10-4-3-7-15(21)20-13-18-16-8-5-11-23-25(16)26-17(19(18)14-22(20)27)9-6-12-24(26)28-23/h3-14H,1-2H3. The Labute approximate surface area is 162 Å². The molecule has 0 fully saturated rings. The molecule has 132 valence electrons.